The lowest BCUT2D eigenvalue weighted by molar-refractivity contribution is -0.122. The Balaban J connectivity index is 2.08. The van der Waals surface area contributed by atoms with Gasteiger partial charge in [-0.25, -0.2) is 0 Å². The van der Waals surface area contributed by atoms with Gasteiger partial charge in [-0.1, -0.05) is 19.1 Å². The van der Waals surface area contributed by atoms with E-state index in [0.29, 0.717) is 32.4 Å². The van der Waals surface area contributed by atoms with Crippen molar-refractivity contribution >= 4 is 27.7 Å². The number of ether oxygens (including phenoxy) is 1. The number of para-hydroxylation sites is 1. The number of carbonyl (C=O) groups is 2. The van der Waals surface area contributed by atoms with E-state index in [9.17, 15) is 9.59 Å². The van der Waals surface area contributed by atoms with Gasteiger partial charge in [-0.2, -0.15) is 0 Å². The third-order valence-electron chi connectivity index (χ3n) is 3.34. The second kappa shape index (κ2) is 11.0. The van der Waals surface area contributed by atoms with Crippen molar-refractivity contribution < 1.29 is 14.3 Å². The van der Waals surface area contributed by atoms with Crippen molar-refractivity contribution in [3.05, 3.63) is 28.7 Å². The number of nitrogens with one attached hydrogen (secondary N) is 2. The van der Waals surface area contributed by atoms with Crippen molar-refractivity contribution in [2.75, 3.05) is 13.2 Å². The fraction of sp³-hybridized carbons (Fsp3) is 0.529. The Kier molecular flexibility index (Phi) is 9.36. The second-order valence-electron chi connectivity index (χ2n) is 5.36. The van der Waals surface area contributed by atoms with Crippen molar-refractivity contribution in [3.63, 3.8) is 0 Å². The normalized spacial score (nSPS) is 11.6. The summed E-state index contributed by atoms with van der Waals surface area (Å²) in [6, 6.07) is 7.78. The zero-order chi connectivity index (χ0) is 17.1. The molecule has 1 aromatic rings. The summed E-state index contributed by atoms with van der Waals surface area (Å²) in [5.74, 6) is 0.684. The van der Waals surface area contributed by atoms with E-state index in [1.807, 2.05) is 38.1 Å². The van der Waals surface area contributed by atoms with Crippen molar-refractivity contribution in [2.45, 2.75) is 45.6 Å². The van der Waals surface area contributed by atoms with Gasteiger partial charge in [0.2, 0.25) is 11.8 Å². The summed E-state index contributed by atoms with van der Waals surface area (Å²) in [6.45, 7) is 4.82. The zero-order valence-electron chi connectivity index (χ0n) is 13.7. The molecule has 0 aliphatic heterocycles. The molecule has 0 bridgehead atoms. The van der Waals surface area contributed by atoms with Crippen LogP contribution < -0.4 is 15.4 Å². The third-order valence-corrected chi connectivity index (χ3v) is 3.99. The van der Waals surface area contributed by atoms with E-state index in [0.717, 1.165) is 16.6 Å². The van der Waals surface area contributed by atoms with E-state index in [1.54, 1.807) is 0 Å². The van der Waals surface area contributed by atoms with Crippen LogP contribution in [0.5, 0.6) is 5.75 Å². The summed E-state index contributed by atoms with van der Waals surface area (Å²) >= 11 is 3.40. The summed E-state index contributed by atoms with van der Waals surface area (Å²) in [6.07, 6.45) is 2.23. The molecule has 2 amide bonds. The first-order valence-electron chi connectivity index (χ1n) is 7.96. The van der Waals surface area contributed by atoms with Crippen molar-refractivity contribution in [1.29, 1.82) is 0 Å². The lowest BCUT2D eigenvalue weighted by Gasteiger charge is -2.11. The van der Waals surface area contributed by atoms with E-state index in [1.165, 1.54) is 0 Å². The quantitative estimate of drug-likeness (QED) is 0.609. The molecule has 5 nitrogen and oxygen atoms in total. The van der Waals surface area contributed by atoms with Crippen molar-refractivity contribution in [1.82, 2.24) is 10.6 Å². The predicted molar refractivity (Wildman–Crippen MR) is 94.4 cm³/mol. The Hall–Kier alpha value is -1.56. The highest BCUT2D eigenvalue weighted by Gasteiger charge is 2.07. The monoisotopic (exact) mass is 384 g/mol. The average molecular weight is 385 g/mol. The SMILES string of the molecule is CCC(C)NC(=O)CCNC(=O)CCCOc1ccccc1Br. The average Bonchev–Trinajstić information content (AvgIpc) is 2.53. The zero-order valence-corrected chi connectivity index (χ0v) is 15.3. The van der Waals surface area contributed by atoms with Gasteiger partial charge in [0.15, 0.2) is 0 Å². The molecule has 0 radical (unpaired) electrons. The lowest BCUT2D eigenvalue weighted by atomic mass is 10.2. The number of amides is 2. The Labute approximate surface area is 146 Å². The Bertz CT molecular complexity index is 508. The fourth-order valence-corrected chi connectivity index (χ4v) is 2.23. The van der Waals surface area contributed by atoms with E-state index in [4.69, 9.17) is 4.74 Å². The maximum atomic E-state index is 11.7. The Morgan fingerprint density at radius 2 is 1.96 bits per heavy atom. The molecule has 0 saturated carbocycles. The maximum Gasteiger partial charge on any atom is 0.221 e. The van der Waals surface area contributed by atoms with Crippen LogP contribution in [0, 0.1) is 0 Å². The highest BCUT2D eigenvalue weighted by atomic mass is 79.9. The van der Waals surface area contributed by atoms with E-state index >= 15 is 0 Å². The van der Waals surface area contributed by atoms with Gasteiger partial charge in [-0.3, -0.25) is 9.59 Å². The molecule has 0 saturated heterocycles. The molecule has 1 atom stereocenters. The first-order valence-corrected chi connectivity index (χ1v) is 8.75. The number of benzene rings is 1. The van der Waals surface area contributed by atoms with Gasteiger partial charge < -0.3 is 15.4 Å². The van der Waals surface area contributed by atoms with Crippen LogP contribution in [-0.4, -0.2) is 31.0 Å². The minimum Gasteiger partial charge on any atom is -0.492 e. The highest BCUT2D eigenvalue weighted by molar-refractivity contribution is 9.10. The molecule has 1 rings (SSSR count). The number of halogens is 1. The van der Waals surface area contributed by atoms with Gasteiger partial charge in [0, 0.05) is 25.4 Å². The molecule has 0 aromatic heterocycles. The van der Waals surface area contributed by atoms with Crippen LogP contribution in [0.15, 0.2) is 28.7 Å². The molecule has 0 fully saturated rings. The molecule has 23 heavy (non-hydrogen) atoms. The Morgan fingerprint density at radius 1 is 1.22 bits per heavy atom. The van der Waals surface area contributed by atoms with E-state index in [2.05, 4.69) is 26.6 Å². The molecular formula is C17H25BrN2O3. The predicted octanol–water partition coefficient (Wildman–Crippen LogP) is 3.03. The molecule has 6 heteroatoms. The van der Waals surface area contributed by atoms with Gasteiger partial charge in [0.05, 0.1) is 11.1 Å². The minimum atomic E-state index is -0.0583. The molecular weight excluding hydrogens is 360 g/mol. The minimum absolute atomic E-state index is 0.0306. The van der Waals surface area contributed by atoms with Crippen molar-refractivity contribution in [2.24, 2.45) is 0 Å². The first-order chi connectivity index (χ1) is 11.0. The maximum absolute atomic E-state index is 11.7. The standard InChI is InChI=1S/C17H25BrN2O3/c1-3-13(2)20-17(22)10-11-19-16(21)9-6-12-23-15-8-5-4-7-14(15)18/h4-5,7-8,13H,3,6,9-12H2,1-2H3,(H,19,21)(H,20,22). The van der Waals surface area contributed by atoms with Gasteiger partial charge in [-0.05, 0) is 47.8 Å². The van der Waals surface area contributed by atoms with Crippen LogP contribution in [0.25, 0.3) is 0 Å². The van der Waals surface area contributed by atoms with Crippen LogP contribution in [0.3, 0.4) is 0 Å². The molecule has 0 aliphatic rings. The number of rotatable bonds is 10. The summed E-state index contributed by atoms with van der Waals surface area (Å²) in [5.41, 5.74) is 0. The fourth-order valence-electron chi connectivity index (χ4n) is 1.83. The number of hydrogen-bond acceptors (Lipinski definition) is 3. The summed E-state index contributed by atoms with van der Waals surface area (Å²) < 4.78 is 6.49. The topological polar surface area (TPSA) is 67.4 Å². The summed E-state index contributed by atoms with van der Waals surface area (Å²) in [4.78, 5) is 23.2. The molecule has 128 valence electrons. The van der Waals surface area contributed by atoms with E-state index < -0.39 is 0 Å². The van der Waals surface area contributed by atoms with Gasteiger partial charge in [0.1, 0.15) is 5.75 Å². The highest BCUT2D eigenvalue weighted by Crippen LogP contribution is 2.23. The first kappa shape index (κ1) is 19.5. The van der Waals surface area contributed by atoms with Crippen LogP contribution in [0.2, 0.25) is 0 Å². The molecule has 0 spiro atoms. The van der Waals surface area contributed by atoms with Crippen LogP contribution in [-0.2, 0) is 9.59 Å². The molecule has 0 heterocycles. The number of carbonyl (C=O) groups excluding carboxylic acids is 2. The van der Waals surface area contributed by atoms with Crippen LogP contribution in [0.4, 0.5) is 0 Å². The van der Waals surface area contributed by atoms with Crippen molar-refractivity contribution in [3.8, 4) is 5.75 Å². The molecule has 1 aromatic carbocycles. The third kappa shape index (κ3) is 8.59. The Morgan fingerprint density at radius 3 is 2.65 bits per heavy atom. The number of hydrogen-bond donors (Lipinski definition) is 2. The molecule has 0 aliphatic carbocycles. The second-order valence-corrected chi connectivity index (χ2v) is 6.21. The summed E-state index contributed by atoms with van der Waals surface area (Å²) in [5, 5.41) is 5.61. The van der Waals surface area contributed by atoms with Crippen LogP contribution in [0.1, 0.15) is 39.5 Å². The lowest BCUT2D eigenvalue weighted by Crippen LogP contribution is -2.35. The smallest absolute Gasteiger partial charge is 0.221 e. The van der Waals surface area contributed by atoms with Crippen LogP contribution >= 0.6 is 15.9 Å². The molecule has 1 unspecified atom stereocenters. The van der Waals surface area contributed by atoms with E-state index in [-0.39, 0.29) is 17.9 Å². The van der Waals surface area contributed by atoms with Gasteiger partial charge in [0.25, 0.3) is 0 Å². The largest absolute Gasteiger partial charge is 0.492 e. The van der Waals surface area contributed by atoms with Gasteiger partial charge >= 0.3 is 0 Å². The molecule has 2 N–H and O–H groups in total. The summed E-state index contributed by atoms with van der Waals surface area (Å²) in [7, 11) is 0. The van der Waals surface area contributed by atoms with Gasteiger partial charge in [-0.15, -0.1) is 0 Å².